The molecule has 0 aliphatic carbocycles. The Bertz CT molecular complexity index is 448. The molecule has 0 aromatic carbocycles. The van der Waals surface area contributed by atoms with Crippen LogP contribution in [-0.4, -0.2) is 20.9 Å². The number of aromatic amines is 1. The van der Waals surface area contributed by atoms with Crippen molar-refractivity contribution in [1.29, 1.82) is 0 Å². The summed E-state index contributed by atoms with van der Waals surface area (Å²) in [4.78, 5) is 22.4. The number of rotatable bonds is 3. The lowest BCUT2D eigenvalue weighted by Crippen LogP contribution is -2.15. The van der Waals surface area contributed by atoms with Gasteiger partial charge < -0.3 is 4.98 Å². The number of H-pyrrole nitrogens is 1. The van der Waals surface area contributed by atoms with Crippen molar-refractivity contribution in [2.75, 3.05) is 5.32 Å². The Morgan fingerprint density at radius 1 is 1.67 bits per heavy atom. The fourth-order valence-electron chi connectivity index (χ4n) is 1.16. The molecule has 0 unspecified atom stereocenters. The highest BCUT2D eigenvalue weighted by atomic mass is 32.1. The number of amides is 1. The molecule has 6 heteroatoms. The van der Waals surface area contributed by atoms with E-state index in [1.165, 1.54) is 11.3 Å². The Kier molecular flexibility index (Phi) is 2.77. The number of thiazole rings is 1. The number of nitrogens with one attached hydrogen (secondary N) is 2. The lowest BCUT2D eigenvalue weighted by molar-refractivity contribution is -0.115. The number of anilines is 1. The van der Waals surface area contributed by atoms with E-state index in [9.17, 15) is 4.79 Å². The number of carbonyl (C=O) groups is 1. The number of hydrogen-bond donors (Lipinski definition) is 2. The lowest BCUT2D eigenvalue weighted by atomic mass is 10.3. The van der Waals surface area contributed by atoms with Crippen molar-refractivity contribution in [2.24, 2.45) is 0 Å². The van der Waals surface area contributed by atoms with Gasteiger partial charge in [0, 0.05) is 17.8 Å². The van der Waals surface area contributed by atoms with E-state index in [-0.39, 0.29) is 12.3 Å². The van der Waals surface area contributed by atoms with E-state index in [0.717, 1.165) is 10.7 Å². The number of hydrogen-bond acceptors (Lipinski definition) is 4. The normalized spacial score (nSPS) is 10.2. The molecule has 0 radical (unpaired) electrons. The van der Waals surface area contributed by atoms with Crippen LogP contribution >= 0.6 is 11.3 Å². The van der Waals surface area contributed by atoms with E-state index >= 15 is 0 Å². The summed E-state index contributed by atoms with van der Waals surface area (Å²) in [7, 11) is 0. The standard InChI is InChI=1S/C9H10N4OS/c1-6-12-7(5-15-6)4-8(14)13-9-10-2-3-11-9/h2-3,5H,4H2,1H3,(H2,10,11,13,14). The minimum Gasteiger partial charge on any atom is -0.331 e. The molecule has 0 saturated carbocycles. The maximum Gasteiger partial charge on any atom is 0.232 e. The van der Waals surface area contributed by atoms with E-state index in [2.05, 4.69) is 20.3 Å². The maximum atomic E-state index is 11.5. The number of nitrogens with zero attached hydrogens (tertiary/aromatic N) is 2. The highest BCUT2D eigenvalue weighted by Crippen LogP contribution is 2.08. The van der Waals surface area contributed by atoms with Crippen LogP contribution in [0.2, 0.25) is 0 Å². The van der Waals surface area contributed by atoms with Crippen LogP contribution < -0.4 is 5.32 Å². The molecule has 0 fully saturated rings. The van der Waals surface area contributed by atoms with Gasteiger partial charge in [-0.25, -0.2) is 9.97 Å². The number of carbonyl (C=O) groups excluding carboxylic acids is 1. The third kappa shape index (κ3) is 2.63. The summed E-state index contributed by atoms with van der Waals surface area (Å²) in [6.45, 7) is 1.92. The molecular weight excluding hydrogens is 212 g/mol. The SMILES string of the molecule is Cc1nc(CC(=O)Nc2ncc[nH]2)cs1. The topological polar surface area (TPSA) is 70.7 Å². The van der Waals surface area contributed by atoms with Gasteiger partial charge in [-0.3, -0.25) is 10.1 Å². The summed E-state index contributed by atoms with van der Waals surface area (Å²) in [6, 6.07) is 0. The van der Waals surface area contributed by atoms with Crippen molar-refractivity contribution in [1.82, 2.24) is 15.0 Å². The van der Waals surface area contributed by atoms with Crippen LogP contribution in [0, 0.1) is 6.92 Å². The second kappa shape index (κ2) is 4.22. The zero-order chi connectivity index (χ0) is 10.7. The van der Waals surface area contributed by atoms with Gasteiger partial charge in [0.2, 0.25) is 11.9 Å². The van der Waals surface area contributed by atoms with Gasteiger partial charge in [0.1, 0.15) is 0 Å². The van der Waals surface area contributed by atoms with Crippen molar-refractivity contribution in [3.63, 3.8) is 0 Å². The summed E-state index contributed by atoms with van der Waals surface area (Å²) >= 11 is 1.54. The van der Waals surface area contributed by atoms with E-state index in [4.69, 9.17) is 0 Å². The first-order chi connectivity index (χ1) is 7.24. The van der Waals surface area contributed by atoms with Crippen LogP contribution in [0.1, 0.15) is 10.7 Å². The fraction of sp³-hybridized carbons (Fsp3) is 0.222. The smallest absolute Gasteiger partial charge is 0.232 e. The summed E-state index contributed by atoms with van der Waals surface area (Å²) < 4.78 is 0. The van der Waals surface area contributed by atoms with Crippen molar-refractivity contribution in [3.05, 3.63) is 28.5 Å². The average molecular weight is 222 g/mol. The lowest BCUT2D eigenvalue weighted by Gasteiger charge is -1.98. The van der Waals surface area contributed by atoms with Gasteiger partial charge in [0.25, 0.3) is 0 Å². The highest BCUT2D eigenvalue weighted by Gasteiger charge is 2.07. The minimum atomic E-state index is -0.116. The molecule has 2 N–H and O–H groups in total. The summed E-state index contributed by atoms with van der Waals surface area (Å²) in [5.74, 6) is 0.349. The van der Waals surface area contributed by atoms with Crippen LogP contribution in [0.25, 0.3) is 0 Å². The third-order valence-corrected chi connectivity index (χ3v) is 2.59. The molecule has 2 heterocycles. The first-order valence-electron chi connectivity index (χ1n) is 4.44. The van der Waals surface area contributed by atoms with Gasteiger partial charge in [-0.1, -0.05) is 0 Å². The van der Waals surface area contributed by atoms with Crippen LogP contribution in [-0.2, 0) is 11.2 Å². The molecule has 5 nitrogen and oxygen atoms in total. The molecule has 0 atom stereocenters. The van der Waals surface area contributed by atoms with Crippen molar-refractivity contribution < 1.29 is 4.79 Å². The van der Waals surface area contributed by atoms with E-state index < -0.39 is 0 Å². The summed E-state index contributed by atoms with van der Waals surface area (Å²) in [5, 5.41) is 5.49. The van der Waals surface area contributed by atoms with Gasteiger partial charge in [-0.2, -0.15) is 0 Å². The molecular formula is C9H10N4OS. The molecule has 0 aliphatic heterocycles. The molecule has 2 rings (SSSR count). The maximum absolute atomic E-state index is 11.5. The fourth-order valence-corrected chi connectivity index (χ4v) is 1.78. The minimum absolute atomic E-state index is 0.116. The Labute approximate surface area is 90.6 Å². The van der Waals surface area contributed by atoms with E-state index in [1.54, 1.807) is 12.4 Å². The Hall–Kier alpha value is -1.69. The first kappa shape index (κ1) is 9.85. The highest BCUT2D eigenvalue weighted by molar-refractivity contribution is 7.09. The third-order valence-electron chi connectivity index (χ3n) is 1.76. The Balaban J connectivity index is 1.93. The molecule has 0 saturated heterocycles. The zero-order valence-electron chi connectivity index (χ0n) is 8.15. The summed E-state index contributed by atoms with van der Waals surface area (Å²) in [5.41, 5.74) is 0.793. The van der Waals surface area contributed by atoms with Gasteiger partial charge in [0.05, 0.1) is 17.1 Å². The first-order valence-corrected chi connectivity index (χ1v) is 5.32. The molecule has 0 spiro atoms. The second-order valence-corrected chi connectivity index (χ2v) is 4.08. The molecule has 1 amide bonds. The van der Waals surface area contributed by atoms with E-state index in [0.29, 0.717) is 5.95 Å². The molecule has 2 aromatic rings. The Morgan fingerprint density at radius 2 is 2.53 bits per heavy atom. The zero-order valence-corrected chi connectivity index (χ0v) is 8.97. The quantitative estimate of drug-likeness (QED) is 0.823. The van der Waals surface area contributed by atoms with Gasteiger partial charge in [0.15, 0.2) is 0 Å². The predicted octanol–water partition coefficient (Wildman–Crippen LogP) is 1.36. The van der Waals surface area contributed by atoms with Crippen molar-refractivity contribution in [3.8, 4) is 0 Å². The van der Waals surface area contributed by atoms with Crippen molar-refractivity contribution in [2.45, 2.75) is 13.3 Å². The molecule has 0 bridgehead atoms. The molecule has 2 aromatic heterocycles. The molecule has 15 heavy (non-hydrogen) atoms. The number of imidazole rings is 1. The van der Waals surface area contributed by atoms with Gasteiger partial charge in [-0.05, 0) is 6.92 Å². The largest absolute Gasteiger partial charge is 0.331 e. The van der Waals surface area contributed by atoms with Gasteiger partial charge in [-0.15, -0.1) is 11.3 Å². The monoisotopic (exact) mass is 222 g/mol. The summed E-state index contributed by atoms with van der Waals surface area (Å²) in [6.07, 6.45) is 3.52. The second-order valence-electron chi connectivity index (χ2n) is 3.02. The number of aromatic nitrogens is 3. The number of aryl methyl sites for hydroxylation is 1. The van der Waals surface area contributed by atoms with E-state index in [1.807, 2.05) is 12.3 Å². The Morgan fingerprint density at radius 3 is 3.13 bits per heavy atom. The predicted molar refractivity (Wildman–Crippen MR) is 57.8 cm³/mol. The van der Waals surface area contributed by atoms with Crippen LogP contribution in [0.5, 0.6) is 0 Å². The molecule has 0 aliphatic rings. The van der Waals surface area contributed by atoms with Gasteiger partial charge >= 0.3 is 0 Å². The molecule has 78 valence electrons. The van der Waals surface area contributed by atoms with Crippen molar-refractivity contribution >= 4 is 23.2 Å². The van der Waals surface area contributed by atoms with Crippen LogP contribution in [0.3, 0.4) is 0 Å². The van der Waals surface area contributed by atoms with Crippen LogP contribution in [0.4, 0.5) is 5.95 Å². The van der Waals surface area contributed by atoms with Crippen LogP contribution in [0.15, 0.2) is 17.8 Å². The average Bonchev–Trinajstić information content (AvgIpc) is 2.77.